The first-order valence-corrected chi connectivity index (χ1v) is 9.90. The second kappa shape index (κ2) is 5.30. The second-order valence-electron chi connectivity index (χ2n) is 8.59. The average Bonchev–Trinajstić information content (AvgIpc) is 3.24. The molecule has 1 nitrogen and oxygen atoms in total. The smallest absolute Gasteiger partial charge is 0.169 e. The Hall–Kier alpha value is -1.89. The van der Waals surface area contributed by atoms with Crippen LogP contribution in [0.1, 0.15) is 73.4 Å². The molecule has 0 aromatic heterocycles. The molecular weight excluding hydrogens is 304 g/mol. The van der Waals surface area contributed by atoms with Crippen LogP contribution < -0.4 is 0 Å². The second-order valence-corrected chi connectivity index (χ2v) is 8.59. The Bertz CT molecular complexity index is 919. The van der Waals surface area contributed by atoms with Gasteiger partial charge in [0, 0.05) is 11.0 Å². The minimum Gasteiger partial charge on any atom is -0.294 e. The lowest BCUT2D eigenvalue weighted by molar-refractivity contribution is 0.0671. The van der Waals surface area contributed by atoms with Crippen molar-refractivity contribution in [3.05, 3.63) is 58.7 Å². The van der Waals surface area contributed by atoms with Crippen molar-refractivity contribution in [2.45, 2.75) is 58.3 Å². The Morgan fingerprint density at radius 3 is 2.80 bits per heavy atom. The molecule has 3 atom stereocenters. The molecule has 128 valence electrons. The number of benzene rings is 2. The maximum Gasteiger partial charge on any atom is 0.169 e. The first kappa shape index (κ1) is 15.4. The van der Waals surface area contributed by atoms with E-state index in [0.29, 0.717) is 17.6 Å². The number of allylic oxidation sites excluding steroid dienone is 2. The molecule has 3 aliphatic carbocycles. The molecule has 0 radical (unpaired) electrons. The van der Waals surface area contributed by atoms with Gasteiger partial charge in [-0.2, -0.15) is 0 Å². The molecular formula is C24H26O. The Kier molecular flexibility index (Phi) is 3.26. The van der Waals surface area contributed by atoms with E-state index in [4.69, 9.17) is 0 Å². The van der Waals surface area contributed by atoms with Gasteiger partial charge in [-0.15, -0.1) is 0 Å². The van der Waals surface area contributed by atoms with Crippen LogP contribution in [0.2, 0.25) is 0 Å². The van der Waals surface area contributed by atoms with E-state index in [1.54, 1.807) is 5.57 Å². The molecule has 1 saturated carbocycles. The van der Waals surface area contributed by atoms with Gasteiger partial charge in [0.15, 0.2) is 5.78 Å². The third-order valence-electron chi connectivity index (χ3n) is 7.33. The van der Waals surface area contributed by atoms with E-state index in [1.807, 2.05) is 0 Å². The minimum atomic E-state index is -0.0680. The minimum absolute atomic E-state index is 0.0680. The molecule has 3 unspecified atom stereocenters. The van der Waals surface area contributed by atoms with Crippen LogP contribution in [0, 0.1) is 11.3 Å². The Morgan fingerprint density at radius 1 is 1.20 bits per heavy atom. The van der Waals surface area contributed by atoms with Crippen LogP contribution >= 0.6 is 0 Å². The summed E-state index contributed by atoms with van der Waals surface area (Å²) in [6, 6.07) is 11.3. The number of rotatable bonds is 2. The van der Waals surface area contributed by atoms with Crippen LogP contribution in [-0.4, -0.2) is 5.78 Å². The molecule has 2 aromatic carbocycles. The molecule has 0 N–H and O–H groups in total. The predicted molar refractivity (Wildman–Crippen MR) is 103 cm³/mol. The van der Waals surface area contributed by atoms with Gasteiger partial charge in [-0.05, 0) is 78.3 Å². The molecule has 1 fully saturated rings. The average molecular weight is 330 g/mol. The summed E-state index contributed by atoms with van der Waals surface area (Å²) in [5.41, 5.74) is 5.18. The van der Waals surface area contributed by atoms with Crippen molar-refractivity contribution in [2.24, 2.45) is 11.3 Å². The van der Waals surface area contributed by atoms with E-state index in [0.717, 1.165) is 37.7 Å². The lowest BCUT2D eigenvalue weighted by atomic mass is 9.63. The van der Waals surface area contributed by atoms with Gasteiger partial charge in [0.2, 0.25) is 0 Å². The molecule has 25 heavy (non-hydrogen) atoms. The maximum absolute atomic E-state index is 13.5. The Balaban J connectivity index is 1.59. The van der Waals surface area contributed by atoms with Gasteiger partial charge in [0.05, 0.1) is 0 Å². The molecule has 1 heteroatoms. The lowest BCUT2D eigenvalue weighted by Crippen LogP contribution is -2.39. The van der Waals surface area contributed by atoms with Crippen LogP contribution in [0.4, 0.5) is 0 Å². The van der Waals surface area contributed by atoms with Crippen molar-refractivity contribution in [1.29, 1.82) is 0 Å². The predicted octanol–water partition coefficient (Wildman–Crippen LogP) is 6.21. The van der Waals surface area contributed by atoms with Crippen molar-refractivity contribution < 1.29 is 4.79 Å². The van der Waals surface area contributed by atoms with E-state index in [1.165, 1.54) is 28.3 Å². The zero-order valence-electron chi connectivity index (χ0n) is 15.3. The highest BCUT2D eigenvalue weighted by Gasteiger charge is 2.53. The summed E-state index contributed by atoms with van der Waals surface area (Å²) in [6.07, 6.45) is 8.99. The van der Waals surface area contributed by atoms with Crippen LogP contribution in [0.5, 0.6) is 0 Å². The fourth-order valence-electron chi connectivity index (χ4n) is 5.53. The van der Waals surface area contributed by atoms with Gasteiger partial charge in [-0.1, -0.05) is 49.8 Å². The van der Waals surface area contributed by atoms with Crippen molar-refractivity contribution in [1.82, 2.24) is 0 Å². The summed E-state index contributed by atoms with van der Waals surface area (Å²) in [4.78, 5) is 13.5. The zero-order valence-corrected chi connectivity index (χ0v) is 15.3. The van der Waals surface area contributed by atoms with Crippen molar-refractivity contribution in [2.75, 3.05) is 0 Å². The third-order valence-corrected chi connectivity index (χ3v) is 7.33. The van der Waals surface area contributed by atoms with Crippen molar-refractivity contribution in [3.63, 3.8) is 0 Å². The molecule has 0 aliphatic heterocycles. The van der Waals surface area contributed by atoms with Crippen LogP contribution in [0.25, 0.3) is 10.8 Å². The number of Topliss-reactive ketones (excluding diaryl/α,β-unsaturated/α-hetero) is 1. The number of aryl methyl sites for hydroxylation is 1. The summed E-state index contributed by atoms with van der Waals surface area (Å²) in [7, 11) is 0. The van der Waals surface area contributed by atoms with Crippen molar-refractivity contribution >= 4 is 16.6 Å². The van der Waals surface area contributed by atoms with E-state index in [2.05, 4.69) is 50.3 Å². The molecule has 0 heterocycles. The number of ketones is 1. The molecule has 5 rings (SSSR count). The summed E-state index contributed by atoms with van der Waals surface area (Å²) < 4.78 is 0. The van der Waals surface area contributed by atoms with E-state index in [-0.39, 0.29) is 5.41 Å². The maximum atomic E-state index is 13.5. The highest BCUT2D eigenvalue weighted by atomic mass is 16.1. The summed E-state index contributed by atoms with van der Waals surface area (Å²) in [6.45, 7) is 4.53. The lowest BCUT2D eigenvalue weighted by Gasteiger charge is -2.38. The first-order chi connectivity index (χ1) is 12.1. The van der Waals surface area contributed by atoms with Gasteiger partial charge in [-0.3, -0.25) is 4.79 Å². The molecule has 1 spiro atoms. The van der Waals surface area contributed by atoms with E-state index < -0.39 is 0 Å². The van der Waals surface area contributed by atoms with Crippen LogP contribution in [0.15, 0.2) is 42.0 Å². The number of fused-ring (bicyclic) bond motifs is 5. The summed E-state index contributed by atoms with van der Waals surface area (Å²) in [5, 5.41) is 2.52. The third kappa shape index (κ3) is 2.11. The topological polar surface area (TPSA) is 17.1 Å². The van der Waals surface area contributed by atoms with E-state index in [9.17, 15) is 4.79 Å². The fraction of sp³-hybridized carbons (Fsp3) is 0.458. The summed E-state index contributed by atoms with van der Waals surface area (Å²) >= 11 is 0. The summed E-state index contributed by atoms with van der Waals surface area (Å²) in [5.74, 6) is 1.61. The molecule has 0 amide bonds. The zero-order chi connectivity index (χ0) is 17.2. The number of hydrogen-bond donors (Lipinski definition) is 0. The fourth-order valence-corrected chi connectivity index (χ4v) is 5.53. The van der Waals surface area contributed by atoms with Gasteiger partial charge in [-0.25, -0.2) is 0 Å². The van der Waals surface area contributed by atoms with E-state index >= 15 is 0 Å². The molecule has 2 aromatic rings. The number of carbonyl (C=O) groups excluding carboxylic acids is 1. The number of carbonyl (C=O) groups is 1. The monoisotopic (exact) mass is 330 g/mol. The highest BCUT2D eigenvalue weighted by molar-refractivity contribution is 6.06. The van der Waals surface area contributed by atoms with Crippen LogP contribution in [0.3, 0.4) is 0 Å². The Labute approximate surface area is 150 Å². The molecule has 2 bridgehead atoms. The van der Waals surface area contributed by atoms with Gasteiger partial charge in [0.25, 0.3) is 0 Å². The SMILES string of the molecule is CCC(C)c1ccc2cc3c(cc2c1)CCC1(CC2=CCC1C2)C3=O. The van der Waals surface area contributed by atoms with Crippen molar-refractivity contribution in [3.8, 4) is 0 Å². The quantitative estimate of drug-likeness (QED) is 0.598. The molecule has 3 aliphatic rings. The first-order valence-electron chi connectivity index (χ1n) is 9.90. The largest absolute Gasteiger partial charge is 0.294 e. The highest BCUT2D eigenvalue weighted by Crippen LogP contribution is 2.58. The van der Waals surface area contributed by atoms with Gasteiger partial charge in [0.1, 0.15) is 0 Å². The van der Waals surface area contributed by atoms with Crippen LogP contribution in [-0.2, 0) is 6.42 Å². The molecule has 0 saturated heterocycles. The normalized spacial score (nSPS) is 28.5. The standard InChI is InChI=1S/C24H26O/c1-3-15(2)17-5-6-18-13-22-19(12-20(18)11-17)8-9-24(23(22)25)14-16-4-7-21(24)10-16/h4-6,11-13,15,21H,3,7-10,14H2,1-2H3. The van der Waals surface area contributed by atoms with Gasteiger partial charge >= 0.3 is 0 Å². The van der Waals surface area contributed by atoms with Gasteiger partial charge < -0.3 is 0 Å². The Morgan fingerprint density at radius 2 is 2.08 bits per heavy atom. The number of hydrogen-bond acceptors (Lipinski definition) is 1.